The molecule has 1 aliphatic carbocycles. The van der Waals surface area contributed by atoms with E-state index >= 15 is 0 Å². The molecule has 0 spiro atoms. The van der Waals surface area contributed by atoms with Crippen LogP contribution in [0.3, 0.4) is 0 Å². The zero-order chi connectivity index (χ0) is 16.2. The molecule has 2 heteroatoms. The lowest BCUT2D eigenvalue weighted by atomic mass is 9.81. The maximum atomic E-state index is 6.64. The Labute approximate surface area is 150 Å². The molecule has 0 saturated carbocycles. The van der Waals surface area contributed by atoms with E-state index in [1.54, 1.807) is 0 Å². The Balaban J connectivity index is 1.98. The molecule has 0 N–H and O–H groups in total. The van der Waals surface area contributed by atoms with Crippen molar-refractivity contribution in [2.24, 2.45) is 0 Å². The largest absolute Gasteiger partial charge is 0.0836 e. The van der Waals surface area contributed by atoms with Crippen LogP contribution < -0.4 is 0 Å². The monoisotopic (exact) mass is 382 g/mol. The summed E-state index contributed by atoms with van der Waals surface area (Å²) in [5, 5.41) is 0.800. The van der Waals surface area contributed by atoms with Crippen LogP contribution in [0.5, 0.6) is 0 Å². The summed E-state index contributed by atoms with van der Waals surface area (Å²) in [6.07, 6.45) is 0. The maximum Gasteiger partial charge on any atom is 0.0490 e. The Morgan fingerprint density at radius 1 is 0.783 bits per heavy atom. The summed E-state index contributed by atoms with van der Waals surface area (Å²) in [6, 6.07) is 21.3. The Morgan fingerprint density at radius 3 is 2.35 bits per heavy atom. The highest BCUT2D eigenvalue weighted by atomic mass is 79.9. The van der Waals surface area contributed by atoms with E-state index in [4.69, 9.17) is 11.6 Å². The van der Waals surface area contributed by atoms with Gasteiger partial charge in [0.25, 0.3) is 0 Å². The van der Waals surface area contributed by atoms with Crippen molar-refractivity contribution in [2.45, 2.75) is 19.3 Å². The third-order valence-electron chi connectivity index (χ3n) is 4.81. The number of hydrogen-bond donors (Lipinski definition) is 0. The van der Waals surface area contributed by atoms with Crippen LogP contribution in [-0.2, 0) is 5.41 Å². The minimum Gasteiger partial charge on any atom is -0.0836 e. The molecule has 0 radical (unpaired) electrons. The average Bonchev–Trinajstić information content (AvgIpc) is 2.75. The minimum atomic E-state index is -0.00270. The van der Waals surface area contributed by atoms with Crippen molar-refractivity contribution in [3.05, 3.63) is 81.3 Å². The molecule has 0 atom stereocenters. The molecule has 114 valence electrons. The second kappa shape index (κ2) is 5.22. The van der Waals surface area contributed by atoms with Crippen LogP contribution in [0.4, 0.5) is 0 Å². The fourth-order valence-corrected chi connectivity index (χ4v) is 4.27. The lowest BCUT2D eigenvalue weighted by Gasteiger charge is -2.22. The van der Waals surface area contributed by atoms with Crippen LogP contribution in [0, 0.1) is 0 Å². The molecule has 3 aromatic carbocycles. The first-order valence-electron chi connectivity index (χ1n) is 7.68. The van der Waals surface area contributed by atoms with Gasteiger partial charge in [0.2, 0.25) is 0 Å². The highest BCUT2D eigenvalue weighted by Crippen LogP contribution is 2.51. The van der Waals surface area contributed by atoms with E-state index < -0.39 is 0 Å². The lowest BCUT2D eigenvalue weighted by molar-refractivity contribution is 0.660. The molecule has 0 bridgehead atoms. The standard InChI is InChI=1S/C21H16BrCl/c1-21(2)18-9-4-3-8-15(18)17-12-20(23)16(11-19(17)21)13-6-5-7-14(22)10-13/h3-12H,1-2H3. The minimum absolute atomic E-state index is 0.00270. The van der Waals surface area contributed by atoms with Crippen molar-refractivity contribution >= 4 is 27.5 Å². The Kier molecular flexibility index (Phi) is 3.40. The van der Waals surface area contributed by atoms with Crippen LogP contribution >= 0.6 is 27.5 Å². The number of rotatable bonds is 1. The Morgan fingerprint density at radius 2 is 1.57 bits per heavy atom. The van der Waals surface area contributed by atoms with E-state index in [0.717, 1.165) is 20.6 Å². The van der Waals surface area contributed by atoms with Crippen LogP contribution in [0.2, 0.25) is 5.02 Å². The highest BCUT2D eigenvalue weighted by Gasteiger charge is 2.35. The molecule has 0 amide bonds. The molecule has 0 fully saturated rings. The molecule has 4 rings (SSSR count). The normalized spacial score (nSPS) is 14.4. The summed E-state index contributed by atoms with van der Waals surface area (Å²) < 4.78 is 1.06. The van der Waals surface area contributed by atoms with Gasteiger partial charge in [0.1, 0.15) is 0 Å². The van der Waals surface area contributed by atoms with Gasteiger partial charge in [0.05, 0.1) is 0 Å². The van der Waals surface area contributed by atoms with Crippen LogP contribution in [0.25, 0.3) is 22.3 Å². The molecular weight excluding hydrogens is 368 g/mol. The van der Waals surface area contributed by atoms with Gasteiger partial charge < -0.3 is 0 Å². The van der Waals surface area contributed by atoms with Crippen molar-refractivity contribution in [3.8, 4) is 22.3 Å². The fraction of sp³-hybridized carbons (Fsp3) is 0.143. The molecule has 0 nitrogen and oxygen atoms in total. The summed E-state index contributed by atoms with van der Waals surface area (Å²) >= 11 is 10.2. The smallest absolute Gasteiger partial charge is 0.0490 e. The summed E-state index contributed by atoms with van der Waals surface area (Å²) in [7, 11) is 0. The van der Waals surface area contributed by atoms with Gasteiger partial charge in [-0.05, 0) is 52.1 Å². The van der Waals surface area contributed by atoms with Crippen LogP contribution in [-0.4, -0.2) is 0 Å². The summed E-state index contributed by atoms with van der Waals surface area (Å²) in [5.74, 6) is 0. The predicted octanol–water partition coefficient (Wildman–Crippen LogP) is 7.08. The SMILES string of the molecule is CC1(C)c2ccccc2-c2cc(Cl)c(-c3cccc(Br)c3)cc21. The van der Waals surface area contributed by atoms with Gasteiger partial charge in [-0.1, -0.05) is 77.8 Å². The molecule has 1 aliphatic rings. The molecular formula is C21H16BrCl. The second-order valence-corrected chi connectivity index (χ2v) is 7.88. The molecule has 23 heavy (non-hydrogen) atoms. The van der Waals surface area contributed by atoms with Gasteiger partial charge in [-0.25, -0.2) is 0 Å². The van der Waals surface area contributed by atoms with Crippen molar-refractivity contribution in [1.29, 1.82) is 0 Å². The van der Waals surface area contributed by atoms with Gasteiger partial charge in [-0.2, -0.15) is 0 Å². The number of fused-ring (bicyclic) bond motifs is 3. The van der Waals surface area contributed by atoms with Gasteiger partial charge >= 0.3 is 0 Å². The molecule has 0 heterocycles. The van der Waals surface area contributed by atoms with Crippen molar-refractivity contribution < 1.29 is 0 Å². The summed E-state index contributed by atoms with van der Waals surface area (Å²) in [6.45, 7) is 4.58. The van der Waals surface area contributed by atoms with E-state index in [-0.39, 0.29) is 5.41 Å². The topological polar surface area (TPSA) is 0 Å². The quantitative estimate of drug-likeness (QED) is 0.421. The Bertz CT molecular complexity index is 925. The summed E-state index contributed by atoms with van der Waals surface area (Å²) in [5.41, 5.74) is 7.50. The average molecular weight is 384 g/mol. The second-order valence-electron chi connectivity index (χ2n) is 6.56. The molecule has 0 saturated heterocycles. The highest BCUT2D eigenvalue weighted by molar-refractivity contribution is 9.10. The van der Waals surface area contributed by atoms with Crippen molar-refractivity contribution in [1.82, 2.24) is 0 Å². The summed E-state index contributed by atoms with van der Waals surface area (Å²) in [4.78, 5) is 0. The zero-order valence-corrected chi connectivity index (χ0v) is 15.4. The van der Waals surface area contributed by atoms with E-state index in [2.05, 4.69) is 78.3 Å². The first kappa shape index (κ1) is 15.0. The number of benzene rings is 3. The van der Waals surface area contributed by atoms with Gasteiger partial charge in [0.15, 0.2) is 0 Å². The molecule has 0 aromatic heterocycles. The predicted molar refractivity (Wildman–Crippen MR) is 102 cm³/mol. The number of hydrogen-bond acceptors (Lipinski definition) is 0. The molecule has 0 unspecified atom stereocenters. The third-order valence-corrected chi connectivity index (χ3v) is 5.61. The van der Waals surface area contributed by atoms with E-state index in [1.165, 1.54) is 22.3 Å². The fourth-order valence-electron chi connectivity index (χ4n) is 3.60. The zero-order valence-electron chi connectivity index (χ0n) is 13.0. The molecule has 3 aromatic rings. The van der Waals surface area contributed by atoms with Gasteiger partial charge in [0, 0.05) is 20.5 Å². The molecule has 0 aliphatic heterocycles. The van der Waals surface area contributed by atoms with Crippen LogP contribution in [0.1, 0.15) is 25.0 Å². The first-order valence-corrected chi connectivity index (χ1v) is 8.85. The van der Waals surface area contributed by atoms with Crippen molar-refractivity contribution in [3.63, 3.8) is 0 Å². The first-order chi connectivity index (χ1) is 11.0. The van der Waals surface area contributed by atoms with E-state index in [0.29, 0.717) is 0 Å². The van der Waals surface area contributed by atoms with Gasteiger partial charge in [-0.15, -0.1) is 0 Å². The maximum absolute atomic E-state index is 6.64. The van der Waals surface area contributed by atoms with Gasteiger partial charge in [-0.3, -0.25) is 0 Å². The number of halogens is 2. The van der Waals surface area contributed by atoms with E-state index in [1.807, 2.05) is 12.1 Å². The Hall–Kier alpha value is -1.57. The van der Waals surface area contributed by atoms with Crippen LogP contribution in [0.15, 0.2) is 65.1 Å². The van der Waals surface area contributed by atoms with Crippen molar-refractivity contribution in [2.75, 3.05) is 0 Å². The van der Waals surface area contributed by atoms with E-state index in [9.17, 15) is 0 Å². The third kappa shape index (κ3) is 2.26. The lowest BCUT2D eigenvalue weighted by Crippen LogP contribution is -2.14.